The number of piperazine rings is 1. The Bertz CT molecular complexity index is 576. The first-order valence-corrected chi connectivity index (χ1v) is 8.36. The van der Waals surface area contributed by atoms with E-state index in [1.165, 1.54) is 0 Å². The van der Waals surface area contributed by atoms with Crippen LogP contribution in [0, 0.1) is 6.92 Å². The van der Waals surface area contributed by atoms with Crippen molar-refractivity contribution < 1.29 is 8.42 Å². The molecule has 0 atom stereocenters. The maximum atomic E-state index is 12.7. The van der Waals surface area contributed by atoms with Crippen LogP contribution in [-0.4, -0.2) is 49.8 Å². The molecule has 1 aromatic rings. The number of aryl methyl sites for hydroxylation is 1. The van der Waals surface area contributed by atoms with E-state index in [9.17, 15) is 8.42 Å². The topological polar surface area (TPSA) is 66.6 Å². The van der Waals surface area contributed by atoms with Crippen molar-refractivity contribution in [2.75, 3.05) is 31.9 Å². The van der Waals surface area contributed by atoms with Crippen molar-refractivity contribution >= 4 is 15.7 Å². The fourth-order valence-electron chi connectivity index (χ4n) is 2.56. The number of benzene rings is 1. The van der Waals surface area contributed by atoms with Crippen LogP contribution in [-0.2, 0) is 10.0 Å². The lowest BCUT2D eigenvalue weighted by molar-refractivity contribution is 0.154. The van der Waals surface area contributed by atoms with Crippen LogP contribution < -0.4 is 5.73 Å². The third-order valence-corrected chi connectivity index (χ3v) is 5.88. The first kappa shape index (κ1) is 15.3. The molecule has 2 N–H and O–H groups in total. The predicted octanol–water partition coefficient (Wildman–Crippen LogP) is 1.29. The second kappa shape index (κ2) is 5.71. The number of hydrogen-bond donors (Lipinski definition) is 1. The molecular weight excluding hydrogens is 274 g/mol. The predicted molar refractivity (Wildman–Crippen MR) is 81.1 cm³/mol. The Hall–Kier alpha value is -1.11. The van der Waals surface area contributed by atoms with Gasteiger partial charge in [-0.1, -0.05) is 0 Å². The van der Waals surface area contributed by atoms with Crippen LogP contribution in [0.1, 0.15) is 19.4 Å². The molecule has 0 aromatic heterocycles. The highest BCUT2D eigenvalue weighted by Gasteiger charge is 2.30. The van der Waals surface area contributed by atoms with Crippen LogP contribution in [0.2, 0.25) is 0 Å². The Labute approximate surface area is 121 Å². The molecule has 0 unspecified atom stereocenters. The summed E-state index contributed by atoms with van der Waals surface area (Å²) in [6.07, 6.45) is 0. The van der Waals surface area contributed by atoms with Crippen LogP contribution in [0.3, 0.4) is 0 Å². The van der Waals surface area contributed by atoms with Crippen LogP contribution >= 0.6 is 0 Å². The van der Waals surface area contributed by atoms with Gasteiger partial charge in [0.05, 0.1) is 4.90 Å². The van der Waals surface area contributed by atoms with Crippen molar-refractivity contribution in [2.45, 2.75) is 31.7 Å². The summed E-state index contributed by atoms with van der Waals surface area (Å²) >= 11 is 0. The van der Waals surface area contributed by atoms with Crippen LogP contribution in [0.4, 0.5) is 5.69 Å². The van der Waals surface area contributed by atoms with E-state index in [1.807, 2.05) is 0 Å². The quantitative estimate of drug-likeness (QED) is 0.854. The normalized spacial score (nSPS) is 18.6. The Balaban J connectivity index is 2.20. The summed E-state index contributed by atoms with van der Waals surface area (Å²) < 4.78 is 26.9. The number of rotatable bonds is 3. The smallest absolute Gasteiger partial charge is 0.243 e. The van der Waals surface area contributed by atoms with Gasteiger partial charge in [0.15, 0.2) is 0 Å². The first-order chi connectivity index (χ1) is 9.32. The molecule has 1 aliphatic rings. The molecule has 0 saturated carbocycles. The summed E-state index contributed by atoms with van der Waals surface area (Å²) in [4.78, 5) is 2.66. The molecule has 1 aliphatic heterocycles. The highest BCUT2D eigenvalue weighted by atomic mass is 32.2. The number of nitrogens with two attached hydrogens (primary N) is 1. The second-order valence-corrected chi connectivity index (χ2v) is 7.47. The summed E-state index contributed by atoms with van der Waals surface area (Å²) in [5.41, 5.74) is 6.98. The lowest BCUT2D eigenvalue weighted by Crippen LogP contribution is -2.50. The highest BCUT2D eigenvalue weighted by Crippen LogP contribution is 2.23. The summed E-state index contributed by atoms with van der Waals surface area (Å²) in [5, 5.41) is 0. The molecule has 1 fully saturated rings. The minimum absolute atomic E-state index is 0.365. The monoisotopic (exact) mass is 297 g/mol. The van der Waals surface area contributed by atoms with Crippen molar-refractivity contribution in [3.8, 4) is 0 Å². The first-order valence-electron chi connectivity index (χ1n) is 6.92. The zero-order valence-corrected chi connectivity index (χ0v) is 13.2. The zero-order valence-electron chi connectivity index (χ0n) is 12.3. The van der Waals surface area contributed by atoms with Crippen LogP contribution in [0.5, 0.6) is 0 Å². The molecule has 112 valence electrons. The SMILES string of the molecule is Cc1cc(N)ccc1S(=O)(=O)N1CCN(C(C)C)CC1. The van der Waals surface area contributed by atoms with Gasteiger partial charge in [0, 0.05) is 37.9 Å². The Kier molecular flexibility index (Phi) is 4.36. The Morgan fingerprint density at radius 1 is 1.15 bits per heavy atom. The summed E-state index contributed by atoms with van der Waals surface area (Å²) in [6, 6.07) is 5.41. The average Bonchev–Trinajstić information content (AvgIpc) is 2.38. The van der Waals surface area contributed by atoms with E-state index < -0.39 is 10.0 Å². The van der Waals surface area contributed by atoms with Crippen LogP contribution in [0.15, 0.2) is 23.1 Å². The maximum Gasteiger partial charge on any atom is 0.243 e. The second-order valence-electron chi connectivity index (χ2n) is 5.56. The lowest BCUT2D eigenvalue weighted by atomic mass is 10.2. The van der Waals surface area contributed by atoms with E-state index in [2.05, 4.69) is 18.7 Å². The van der Waals surface area contributed by atoms with Gasteiger partial charge in [0.1, 0.15) is 0 Å². The van der Waals surface area contributed by atoms with E-state index in [1.54, 1.807) is 29.4 Å². The van der Waals surface area contributed by atoms with Gasteiger partial charge in [0.25, 0.3) is 0 Å². The number of nitrogens with zero attached hydrogens (tertiary/aromatic N) is 2. The molecule has 1 aromatic carbocycles. The van der Waals surface area contributed by atoms with Crippen molar-refractivity contribution in [1.82, 2.24) is 9.21 Å². The molecule has 0 bridgehead atoms. The van der Waals surface area contributed by atoms with Crippen LogP contribution in [0.25, 0.3) is 0 Å². The molecule has 0 radical (unpaired) electrons. The van der Waals surface area contributed by atoms with Gasteiger partial charge in [-0.05, 0) is 44.5 Å². The largest absolute Gasteiger partial charge is 0.399 e. The molecule has 1 saturated heterocycles. The fraction of sp³-hybridized carbons (Fsp3) is 0.571. The van der Waals surface area contributed by atoms with Crippen molar-refractivity contribution in [2.24, 2.45) is 0 Å². The Morgan fingerprint density at radius 2 is 1.75 bits per heavy atom. The van der Waals surface area contributed by atoms with E-state index in [0.29, 0.717) is 35.3 Å². The average molecular weight is 297 g/mol. The van der Waals surface area contributed by atoms with Crippen molar-refractivity contribution in [3.05, 3.63) is 23.8 Å². The fourth-order valence-corrected chi connectivity index (χ4v) is 4.19. The van der Waals surface area contributed by atoms with E-state index in [-0.39, 0.29) is 0 Å². The number of hydrogen-bond acceptors (Lipinski definition) is 4. The van der Waals surface area contributed by atoms with Gasteiger partial charge in [-0.2, -0.15) is 4.31 Å². The standard InChI is InChI=1S/C14H23N3O2S/c1-11(2)16-6-8-17(9-7-16)20(18,19)14-5-4-13(15)10-12(14)3/h4-5,10-11H,6-9,15H2,1-3H3. The molecule has 5 nitrogen and oxygen atoms in total. The molecule has 0 spiro atoms. The van der Waals surface area contributed by atoms with Crippen molar-refractivity contribution in [3.63, 3.8) is 0 Å². The van der Waals surface area contributed by atoms with Gasteiger partial charge in [0.2, 0.25) is 10.0 Å². The van der Waals surface area contributed by atoms with Crippen molar-refractivity contribution in [1.29, 1.82) is 0 Å². The van der Waals surface area contributed by atoms with E-state index >= 15 is 0 Å². The molecule has 1 heterocycles. The lowest BCUT2D eigenvalue weighted by Gasteiger charge is -2.36. The minimum Gasteiger partial charge on any atom is -0.399 e. The summed E-state index contributed by atoms with van der Waals surface area (Å²) in [6.45, 7) is 8.71. The molecule has 0 amide bonds. The maximum absolute atomic E-state index is 12.7. The van der Waals surface area contributed by atoms with E-state index in [0.717, 1.165) is 13.1 Å². The van der Waals surface area contributed by atoms with Gasteiger partial charge in [-0.3, -0.25) is 4.90 Å². The highest BCUT2D eigenvalue weighted by molar-refractivity contribution is 7.89. The van der Waals surface area contributed by atoms with E-state index in [4.69, 9.17) is 5.73 Å². The summed E-state index contributed by atoms with van der Waals surface area (Å²) in [5.74, 6) is 0. The third-order valence-electron chi connectivity index (χ3n) is 3.82. The number of sulfonamides is 1. The molecule has 20 heavy (non-hydrogen) atoms. The molecular formula is C14H23N3O2S. The Morgan fingerprint density at radius 3 is 2.25 bits per heavy atom. The van der Waals surface area contributed by atoms with Gasteiger partial charge >= 0.3 is 0 Å². The number of nitrogen functional groups attached to an aromatic ring is 1. The molecule has 2 rings (SSSR count). The molecule has 0 aliphatic carbocycles. The van der Waals surface area contributed by atoms with Gasteiger partial charge in [-0.25, -0.2) is 8.42 Å². The van der Waals surface area contributed by atoms with Gasteiger partial charge < -0.3 is 5.73 Å². The minimum atomic E-state index is -3.41. The third kappa shape index (κ3) is 2.97. The van der Waals surface area contributed by atoms with Gasteiger partial charge in [-0.15, -0.1) is 0 Å². The summed E-state index contributed by atoms with van der Waals surface area (Å²) in [7, 11) is -3.41. The zero-order chi connectivity index (χ0) is 14.9. The molecule has 6 heteroatoms. The number of anilines is 1.